The predicted octanol–water partition coefficient (Wildman–Crippen LogP) is 1.96. The van der Waals surface area contributed by atoms with E-state index in [4.69, 9.17) is 4.74 Å². The summed E-state index contributed by atoms with van der Waals surface area (Å²) in [7, 11) is 1.30. The largest absolute Gasteiger partial charge is 0.467 e. The van der Waals surface area contributed by atoms with Gasteiger partial charge in [-0.2, -0.15) is 0 Å². The van der Waals surface area contributed by atoms with E-state index in [-0.39, 0.29) is 17.7 Å². The number of amides is 2. The maximum Gasteiger partial charge on any atom is 0.328 e. The topological polar surface area (TPSA) is 84.5 Å². The van der Waals surface area contributed by atoms with Crippen LogP contribution in [0, 0.1) is 5.92 Å². The van der Waals surface area contributed by atoms with Crippen molar-refractivity contribution in [1.82, 2.24) is 5.32 Å². The lowest BCUT2D eigenvalue weighted by Crippen LogP contribution is -2.45. The normalized spacial score (nSPS) is 12.9. The van der Waals surface area contributed by atoms with Gasteiger partial charge in [0.05, 0.1) is 7.11 Å². The summed E-state index contributed by atoms with van der Waals surface area (Å²) in [6.45, 7) is 5.23. The monoisotopic (exact) mass is 306 g/mol. The van der Waals surface area contributed by atoms with Crippen LogP contribution in [0.25, 0.3) is 0 Å². The zero-order valence-corrected chi connectivity index (χ0v) is 13.3. The average Bonchev–Trinajstić information content (AvgIpc) is 2.51. The van der Waals surface area contributed by atoms with E-state index in [2.05, 4.69) is 10.6 Å². The molecule has 1 aromatic carbocycles. The van der Waals surface area contributed by atoms with Gasteiger partial charge in [-0.1, -0.05) is 20.3 Å². The molecule has 2 amide bonds. The first kappa shape index (κ1) is 17.7. The summed E-state index contributed by atoms with van der Waals surface area (Å²) in [6, 6.07) is 5.76. The molecule has 1 rings (SSSR count). The minimum Gasteiger partial charge on any atom is -0.467 e. The Morgan fingerprint density at radius 2 is 1.77 bits per heavy atom. The lowest BCUT2D eigenvalue weighted by atomic mass is 9.99. The highest BCUT2D eigenvalue weighted by molar-refractivity contribution is 5.97. The molecule has 0 aliphatic heterocycles. The van der Waals surface area contributed by atoms with Gasteiger partial charge in [-0.15, -0.1) is 0 Å². The number of carbonyl (C=O) groups excluding carboxylic acids is 3. The molecule has 0 bridgehead atoms. The van der Waals surface area contributed by atoms with Crippen LogP contribution in [0.15, 0.2) is 24.3 Å². The van der Waals surface area contributed by atoms with Gasteiger partial charge >= 0.3 is 5.97 Å². The number of anilines is 1. The fourth-order valence-electron chi connectivity index (χ4n) is 1.93. The van der Waals surface area contributed by atoms with Crippen molar-refractivity contribution in [3.05, 3.63) is 29.8 Å². The molecule has 6 heteroatoms. The lowest BCUT2D eigenvalue weighted by Gasteiger charge is -2.21. The Hall–Kier alpha value is -2.37. The van der Waals surface area contributed by atoms with E-state index in [0.717, 1.165) is 6.42 Å². The first-order chi connectivity index (χ1) is 10.4. The molecule has 0 aliphatic carbocycles. The van der Waals surface area contributed by atoms with Crippen LogP contribution in [0.2, 0.25) is 0 Å². The first-order valence-electron chi connectivity index (χ1n) is 7.15. The number of nitrogens with one attached hydrogen (secondary N) is 2. The van der Waals surface area contributed by atoms with Crippen LogP contribution in [-0.4, -0.2) is 30.9 Å². The van der Waals surface area contributed by atoms with E-state index in [0.29, 0.717) is 11.3 Å². The Balaban J connectivity index is 2.81. The second-order valence-corrected chi connectivity index (χ2v) is 5.12. The standard InChI is InChI=1S/C16H22N2O4/c1-5-10(2)14(16(21)22-4)18-15(20)12-6-8-13(9-7-12)17-11(3)19/h6-10,14H,5H2,1-4H3,(H,17,19)(H,18,20)/t10-,14-/m0/s1. The van der Waals surface area contributed by atoms with Gasteiger partial charge in [0.25, 0.3) is 5.91 Å². The highest BCUT2D eigenvalue weighted by atomic mass is 16.5. The maximum absolute atomic E-state index is 12.2. The van der Waals surface area contributed by atoms with Gasteiger partial charge in [-0.05, 0) is 30.2 Å². The maximum atomic E-state index is 12.2. The van der Waals surface area contributed by atoms with Crippen molar-refractivity contribution in [2.75, 3.05) is 12.4 Å². The molecule has 120 valence electrons. The van der Waals surface area contributed by atoms with Crippen LogP contribution in [0.5, 0.6) is 0 Å². The van der Waals surface area contributed by atoms with Crippen molar-refractivity contribution >= 4 is 23.5 Å². The van der Waals surface area contributed by atoms with E-state index in [9.17, 15) is 14.4 Å². The quantitative estimate of drug-likeness (QED) is 0.787. The SMILES string of the molecule is CC[C@H](C)[C@H](NC(=O)c1ccc(NC(C)=O)cc1)C(=O)OC. The number of hydrogen-bond acceptors (Lipinski definition) is 4. The van der Waals surface area contributed by atoms with E-state index in [1.165, 1.54) is 14.0 Å². The summed E-state index contributed by atoms with van der Waals surface area (Å²) >= 11 is 0. The minimum absolute atomic E-state index is 0.0324. The van der Waals surface area contributed by atoms with Crippen LogP contribution in [0.1, 0.15) is 37.6 Å². The van der Waals surface area contributed by atoms with Crippen LogP contribution in [0.3, 0.4) is 0 Å². The van der Waals surface area contributed by atoms with Gasteiger partial charge in [0.1, 0.15) is 6.04 Å². The Bertz CT molecular complexity index is 540. The zero-order valence-electron chi connectivity index (χ0n) is 13.3. The van der Waals surface area contributed by atoms with E-state index in [1.807, 2.05) is 13.8 Å². The molecular formula is C16H22N2O4. The summed E-state index contributed by atoms with van der Waals surface area (Å²) in [4.78, 5) is 34.9. The molecule has 0 heterocycles. The van der Waals surface area contributed by atoms with Gasteiger partial charge in [0.2, 0.25) is 5.91 Å². The summed E-state index contributed by atoms with van der Waals surface area (Å²) in [5.74, 6) is -1.03. The van der Waals surface area contributed by atoms with Crippen molar-refractivity contribution in [2.45, 2.75) is 33.2 Å². The third-order valence-corrected chi connectivity index (χ3v) is 3.42. The van der Waals surface area contributed by atoms with Crippen LogP contribution >= 0.6 is 0 Å². The molecule has 0 saturated carbocycles. The van der Waals surface area contributed by atoms with Crippen molar-refractivity contribution < 1.29 is 19.1 Å². The van der Waals surface area contributed by atoms with Crippen LogP contribution in [-0.2, 0) is 14.3 Å². The molecule has 0 spiro atoms. The third kappa shape index (κ3) is 4.87. The van der Waals surface area contributed by atoms with E-state index in [1.54, 1.807) is 24.3 Å². The molecule has 2 N–H and O–H groups in total. The molecule has 6 nitrogen and oxygen atoms in total. The summed E-state index contributed by atoms with van der Waals surface area (Å²) in [5, 5.41) is 5.32. The van der Waals surface area contributed by atoms with E-state index < -0.39 is 12.0 Å². The minimum atomic E-state index is -0.683. The Labute approximate surface area is 130 Å². The number of methoxy groups -OCH3 is 1. The molecule has 0 fully saturated rings. The van der Waals surface area contributed by atoms with E-state index >= 15 is 0 Å². The predicted molar refractivity (Wildman–Crippen MR) is 83.5 cm³/mol. The summed E-state index contributed by atoms with van der Waals surface area (Å²) < 4.78 is 4.73. The molecular weight excluding hydrogens is 284 g/mol. The number of hydrogen-bond donors (Lipinski definition) is 2. The Morgan fingerprint density at radius 3 is 2.23 bits per heavy atom. The molecule has 2 atom stereocenters. The average molecular weight is 306 g/mol. The number of benzene rings is 1. The smallest absolute Gasteiger partial charge is 0.328 e. The fraction of sp³-hybridized carbons (Fsp3) is 0.438. The van der Waals surface area contributed by atoms with Crippen LogP contribution in [0.4, 0.5) is 5.69 Å². The molecule has 0 aliphatic rings. The van der Waals surface area contributed by atoms with Gasteiger partial charge in [0, 0.05) is 18.2 Å². The zero-order chi connectivity index (χ0) is 16.7. The Kier molecular flexibility index (Phi) is 6.56. The Morgan fingerprint density at radius 1 is 1.18 bits per heavy atom. The highest BCUT2D eigenvalue weighted by Gasteiger charge is 2.26. The molecule has 0 aromatic heterocycles. The van der Waals surface area contributed by atoms with Gasteiger partial charge in [-0.25, -0.2) is 4.79 Å². The molecule has 1 aromatic rings. The van der Waals surface area contributed by atoms with Crippen LogP contribution < -0.4 is 10.6 Å². The highest BCUT2D eigenvalue weighted by Crippen LogP contribution is 2.13. The molecule has 0 radical (unpaired) electrons. The fourth-order valence-corrected chi connectivity index (χ4v) is 1.93. The molecule has 22 heavy (non-hydrogen) atoms. The summed E-state index contributed by atoms with van der Waals surface area (Å²) in [5.41, 5.74) is 1.02. The van der Waals surface area contributed by atoms with Crippen molar-refractivity contribution in [3.8, 4) is 0 Å². The van der Waals surface area contributed by atoms with Crippen molar-refractivity contribution in [2.24, 2.45) is 5.92 Å². The van der Waals surface area contributed by atoms with Crippen molar-refractivity contribution in [1.29, 1.82) is 0 Å². The molecule has 0 unspecified atom stereocenters. The number of esters is 1. The van der Waals surface area contributed by atoms with Gasteiger partial charge in [-0.3, -0.25) is 9.59 Å². The lowest BCUT2D eigenvalue weighted by molar-refractivity contribution is -0.144. The number of ether oxygens (including phenoxy) is 1. The summed E-state index contributed by atoms with van der Waals surface area (Å²) in [6.07, 6.45) is 0.738. The number of rotatable bonds is 6. The first-order valence-corrected chi connectivity index (χ1v) is 7.15. The molecule has 0 saturated heterocycles. The third-order valence-electron chi connectivity index (χ3n) is 3.42. The second kappa shape index (κ2) is 8.17. The van der Waals surface area contributed by atoms with Gasteiger partial charge < -0.3 is 15.4 Å². The second-order valence-electron chi connectivity index (χ2n) is 5.12. The van der Waals surface area contributed by atoms with Crippen molar-refractivity contribution in [3.63, 3.8) is 0 Å². The number of carbonyl (C=O) groups is 3. The van der Waals surface area contributed by atoms with Gasteiger partial charge in [0.15, 0.2) is 0 Å².